The second-order valence-corrected chi connectivity index (χ2v) is 12.3. The van der Waals surface area contributed by atoms with Crippen molar-refractivity contribution in [3.8, 4) is 0 Å². The molecule has 2 fully saturated rings. The Morgan fingerprint density at radius 1 is 0.667 bits per heavy atom. The van der Waals surface area contributed by atoms with Crippen molar-refractivity contribution in [2.75, 3.05) is 13.2 Å². The van der Waals surface area contributed by atoms with Crippen LogP contribution in [0.3, 0.4) is 0 Å². The Kier molecular flexibility index (Phi) is 9.15. The summed E-state index contributed by atoms with van der Waals surface area (Å²) in [5.41, 5.74) is -0.728. The van der Waals surface area contributed by atoms with Gasteiger partial charge in [-0.1, -0.05) is 48.2 Å². The van der Waals surface area contributed by atoms with E-state index in [4.69, 9.17) is 9.47 Å². The van der Waals surface area contributed by atoms with Gasteiger partial charge in [0.25, 0.3) is 11.8 Å². The zero-order chi connectivity index (χ0) is 31.8. The van der Waals surface area contributed by atoms with Crippen molar-refractivity contribution < 1.29 is 49.7 Å². The molecule has 240 valence electrons. The van der Waals surface area contributed by atoms with Crippen LogP contribution in [0.1, 0.15) is 21.0 Å². The Labute approximate surface area is 260 Å². The van der Waals surface area contributed by atoms with Crippen molar-refractivity contribution >= 4 is 45.4 Å². The van der Waals surface area contributed by atoms with Crippen LogP contribution in [0.5, 0.6) is 0 Å². The first-order chi connectivity index (χ1) is 21.7. The minimum atomic E-state index is -1.56. The minimum Gasteiger partial charge on any atom is -0.394 e. The van der Waals surface area contributed by atoms with Gasteiger partial charge in [-0.2, -0.15) is 0 Å². The van der Waals surface area contributed by atoms with E-state index < -0.39 is 84.6 Å². The van der Waals surface area contributed by atoms with E-state index in [9.17, 15) is 40.2 Å². The van der Waals surface area contributed by atoms with Crippen LogP contribution in [-0.2, 0) is 9.47 Å². The zero-order valence-corrected chi connectivity index (χ0v) is 24.5. The number of H-pyrrole nitrogens is 2. The van der Waals surface area contributed by atoms with Gasteiger partial charge < -0.3 is 60.7 Å². The van der Waals surface area contributed by atoms with Crippen molar-refractivity contribution in [3.05, 3.63) is 72.1 Å². The van der Waals surface area contributed by atoms with Gasteiger partial charge in [0.15, 0.2) is 0 Å². The van der Waals surface area contributed by atoms with Crippen LogP contribution in [0.2, 0.25) is 0 Å². The number of aliphatic hydroxyl groups is 6. The van der Waals surface area contributed by atoms with E-state index in [1.807, 2.05) is 24.3 Å². The molecule has 6 rings (SSSR count). The van der Waals surface area contributed by atoms with Crippen LogP contribution >= 0.6 is 11.8 Å². The number of nitrogens with one attached hydrogen (secondary N) is 4. The molecular formula is C30H34N4O10S. The number of ether oxygens (including phenoxy) is 2. The van der Waals surface area contributed by atoms with Gasteiger partial charge in [-0.05, 0) is 24.3 Å². The Balaban J connectivity index is 1.18. The summed E-state index contributed by atoms with van der Waals surface area (Å²) in [6, 6.07) is 15.1. The monoisotopic (exact) mass is 642 g/mol. The highest BCUT2D eigenvalue weighted by Crippen LogP contribution is 2.37. The predicted molar refractivity (Wildman–Crippen MR) is 162 cm³/mol. The lowest BCUT2D eigenvalue weighted by Gasteiger charge is -2.46. The number of rotatable bonds is 8. The second-order valence-electron chi connectivity index (χ2n) is 11.1. The van der Waals surface area contributed by atoms with Crippen LogP contribution in [0.25, 0.3) is 21.8 Å². The maximum Gasteiger partial charge on any atom is 0.268 e. The summed E-state index contributed by atoms with van der Waals surface area (Å²) in [5.74, 6) is -1.23. The molecule has 45 heavy (non-hydrogen) atoms. The third-order valence-electron chi connectivity index (χ3n) is 8.18. The van der Waals surface area contributed by atoms with E-state index in [1.165, 1.54) is 0 Å². The number of fused-ring (bicyclic) bond motifs is 2. The molecule has 2 aromatic heterocycles. The van der Waals surface area contributed by atoms with Gasteiger partial charge in [-0.15, -0.1) is 0 Å². The standard InChI is InChI=1S/C30H34N4O10S/c35-11-19-23(37)21(33-27(41)17-9-13-5-1-3-7-15(13)31-17)25(39)29(43-19)45-30-26(40)22(24(38)20(12-36)44-30)34-28(42)18-10-14-6-2-4-8-16(14)32-18/h1-10,19-26,29-32,35-40H,11-12H2,(H,33,41)(H,34,42)/t19?,20?,21?,22?,23-,24-,25?,26?,29-,30-/m0/s1. The molecule has 0 radical (unpaired) electrons. The van der Waals surface area contributed by atoms with E-state index >= 15 is 0 Å². The van der Waals surface area contributed by atoms with Crippen LogP contribution in [0.15, 0.2) is 60.7 Å². The molecule has 15 heteroatoms. The summed E-state index contributed by atoms with van der Waals surface area (Å²) in [5, 5.41) is 70.8. The first-order valence-electron chi connectivity index (χ1n) is 14.4. The predicted octanol–water partition coefficient (Wildman–Crippen LogP) is -0.843. The number of hydrogen-bond donors (Lipinski definition) is 10. The first kappa shape index (κ1) is 31.5. The molecule has 4 heterocycles. The van der Waals surface area contributed by atoms with E-state index in [-0.39, 0.29) is 11.4 Å². The molecular weight excluding hydrogens is 608 g/mol. The SMILES string of the molecule is O=C(NC1C(O)[C@H](S[C@@H]2OC(CO)[C@H](O)C(NC(=O)c3cc4ccccc4[nH]3)C2O)OC(CO)[C@@H]1O)c1cc2ccccc2[nH]1. The lowest BCUT2D eigenvalue weighted by molar-refractivity contribution is -0.175. The number of para-hydroxylation sites is 2. The molecule has 2 aliphatic heterocycles. The van der Waals surface area contributed by atoms with Gasteiger partial charge in [0, 0.05) is 21.8 Å². The van der Waals surface area contributed by atoms with Crippen molar-refractivity contribution in [3.63, 3.8) is 0 Å². The second kappa shape index (κ2) is 13.1. The minimum absolute atomic E-state index is 0.186. The van der Waals surface area contributed by atoms with E-state index in [2.05, 4.69) is 20.6 Å². The lowest BCUT2D eigenvalue weighted by atomic mass is 9.96. The highest BCUT2D eigenvalue weighted by Gasteiger charge is 2.50. The summed E-state index contributed by atoms with van der Waals surface area (Å²) in [7, 11) is 0. The fourth-order valence-corrected chi connectivity index (χ4v) is 7.06. The molecule has 10 atom stereocenters. The molecule has 10 N–H and O–H groups in total. The van der Waals surface area contributed by atoms with E-state index in [0.29, 0.717) is 11.0 Å². The van der Waals surface area contributed by atoms with Gasteiger partial charge >= 0.3 is 0 Å². The largest absolute Gasteiger partial charge is 0.394 e. The third-order valence-corrected chi connectivity index (χ3v) is 9.50. The summed E-state index contributed by atoms with van der Waals surface area (Å²) >= 11 is 0.754. The fourth-order valence-electron chi connectivity index (χ4n) is 5.72. The summed E-state index contributed by atoms with van der Waals surface area (Å²) in [6.07, 6.45) is -8.57. The molecule has 0 aliphatic carbocycles. The number of benzene rings is 2. The highest BCUT2D eigenvalue weighted by molar-refractivity contribution is 8.00. The van der Waals surface area contributed by atoms with Crippen molar-refractivity contribution in [2.45, 2.75) is 59.6 Å². The van der Waals surface area contributed by atoms with E-state index in [1.54, 1.807) is 36.4 Å². The van der Waals surface area contributed by atoms with Crippen LogP contribution in [-0.4, -0.2) is 125 Å². The van der Waals surface area contributed by atoms with Gasteiger partial charge in [0.2, 0.25) is 0 Å². The maximum atomic E-state index is 13.1. The molecule has 0 bridgehead atoms. The summed E-state index contributed by atoms with van der Waals surface area (Å²) < 4.78 is 11.5. The average molecular weight is 643 g/mol. The maximum absolute atomic E-state index is 13.1. The summed E-state index contributed by atoms with van der Waals surface area (Å²) in [4.78, 5) is 32.2. The zero-order valence-electron chi connectivity index (χ0n) is 23.7. The average Bonchev–Trinajstić information content (AvgIpc) is 3.68. The van der Waals surface area contributed by atoms with Crippen LogP contribution < -0.4 is 10.6 Å². The quantitative estimate of drug-likeness (QED) is 0.114. The van der Waals surface area contributed by atoms with Crippen LogP contribution in [0.4, 0.5) is 0 Å². The van der Waals surface area contributed by atoms with E-state index in [0.717, 1.165) is 22.5 Å². The normalized spacial score (nSPS) is 32.0. The molecule has 0 saturated carbocycles. The number of carbonyl (C=O) groups is 2. The van der Waals surface area contributed by atoms with Crippen molar-refractivity contribution in [1.29, 1.82) is 0 Å². The highest BCUT2D eigenvalue weighted by atomic mass is 32.2. The Bertz CT molecular complexity index is 1480. The molecule has 2 aliphatic rings. The van der Waals surface area contributed by atoms with Crippen LogP contribution in [0, 0.1) is 0 Å². The number of thioether (sulfide) groups is 1. The number of aromatic nitrogens is 2. The lowest BCUT2D eigenvalue weighted by Crippen LogP contribution is -2.66. The van der Waals surface area contributed by atoms with Crippen molar-refractivity contribution in [1.82, 2.24) is 20.6 Å². The number of aromatic amines is 2. The molecule has 2 amide bonds. The number of hydrogen-bond acceptors (Lipinski definition) is 11. The Morgan fingerprint density at radius 3 is 1.44 bits per heavy atom. The van der Waals surface area contributed by atoms with Gasteiger partial charge in [0.05, 0.1) is 25.3 Å². The fraction of sp³-hybridized carbons (Fsp3) is 0.400. The van der Waals surface area contributed by atoms with Crippen molar-refractivity contribution in [2.24, 2.45) is 0 Å². The Morgan fingerprint density at radius 2 is 1.07 bits per heavy atom. The topological polar surface area (TPSA) is 230 Å². The first-order valence-corrected chi connectivity index (χ1v) is 15.3. The molecule has 14 nitrogen and oxygen atoms in total. The number of aliphatic hydroxyl groups excluding tert-OH is 6. The molecule has 4 aromatic rings. The number of amides is 2. The molecule has 2 saturated heterocycles. The van der Waals surface area contributed by atoms with Gasteiger partial charge in [0.1, 0.15) is 58.9 Å². The molecule has 6 unspecified atom stereocenters. The van der Waals surface area contributed by atoms with Gasteiger partial charge in [-0.3, -0.25) is 9.59 Å². The van der Waals surface area contributed by atoms with Gasteiger partial charge in [-0.25, -0.2) is 0 Å². The molecule has 0 spiro atoms. The molecule has 2 aromatic carbocycles. The smallest absolute Gasteiger partial charge is 0.268 e. The number of carbonyl (C=O) groups excluding carboxylic acids is 2. The summed E-state index contributed by atoms with van der Waals surface area (Å²) in [6.45, 7) is -1.31. The third kappa shape index (κ3) is 6.18. The Hall–Kier alpha value is -3.51.